The van der Waals surface area contributed by atoms with Crippen LogP contribution in [0.3, 0.4) is 0 Å². The van der Waals surface area contributed by atoms with Gasteiger partial charge in [-0.15, -0.1) is 0 Å². The quantitative estimate of drug-likeness (QED) is 0.807. The lowest BCUT2D eigenvalue weighted by atomic mass is 10.0. The number of hydrogen-bond acceptors (Lipinski definition) is 3. The third kappa shape index (κ3) is 4.29. The molecule has 0 saturated carbocycles. The van der Waals surface area contributed by atoms with Crippen molar-refractivity contribution in [3.05, 3.63) is 64.7 Å². The molecular weight excluding hydrogens is 320 g/mol. The Labute approximate surface area is 148 Å². The molecule has 1 aliphatic rings. The standard InChI is InChI=1S/C20H21ClN2O/c21-18-6-7-20(17(14-18)15-22)23-11-8-19(9-12-23)24-13-10-16-4-2-1-3-5-16/h1-7,14,19H,8-13H2. The molecule has 1 heterocycles. The van der Waals surface area contributed by atoms with Crippen LogP contribution in [0.5, 0.6) is 0 Å². The number of benzene rings is 2. The summed E-state index contributed by atoms with van der Waals surface area (Å²) in [6, 6.07) is 18.2. The van der Waals surface area contributed by atoms with Crippen LogP contribution in [0, 0.1) is 11.3 Å². The average Bonchev–Trinajstić information content (AvgIpc) is 2.63. The summed E-state index contributed by atoms with van der Waals surface area (Å²) < 4.78 is 6.03. The number of hydrogen-bond donors (Lipinski definition) is 0. The molecule has 2 aromatic rings. The lowest BCUT2D eigenvalue weighted by molar-refractivity contribution is 0.0390. The van der Waals surface area contributed by atoms with Gasteiger partial charge < -0.3 is 9.64 Å². The van der Waals surface area contributed by atoms with Crippen LogP contribution in [-0.4, -0.2) is 25.8 Å². The molecule has 0 spiro atoms. The van der Waals surface area contributed by atoms with Crippen molar-refractivity contribution in [2.75, 3.05) is 24.6 Å². The summed E-state index contributed by atoms with van der Waals surface area (Å²) in [7, 11) is 0. The molecule has 24 heavy (non-hydrogen) atoms. The Morgan fingerprint density at radius 2 is 1.88 bits per heavy atom. The molecule has 0 amide bonds. The fraction of sp³-hybridized carbons (Fsp3) is 0.350. The first-order valence-electron chi connectivity index (χ1n) is 8.36. The molecule has 1 fully saturated rings. The Morgan fingerprint density at radius 1 is 1.12 bits per heavy atom. The van der Waals surface area contributed by atoms with Crippen LogP contribution in [0.4, 0.5) is 5.69 Å². The van der Waals surface area contributed by atoms with Gasteiger partial charge in [0.15, 0.2) is 0 Å². The summed E-state index contributed by atoms with van der Waals surface area (Å²) in [4.78, 5) is 2.26. The SMILES string of the molecule is N#Cc1cc(Cl)ccc1N1CCC(OCCc2ccccc2)CC1. The topological polar surface area (TPSA) is 36.3 Å². The fourth-order valence-corrected chi connectivity index (χ4v) is 3.30. The minimum Gasteiger partial charge on any atom is -0.378 e. The van der Waals surface area contributed by atoms with Gasteiger partial charge in [-0.05, 0) is 43.0 Å². The molecule has 0 bridgehead atoms. The van der Waals surface area contributed by atoms with Crippen LogP contribution >= 0.6 is 11.6 Å². The third-order valence-electron chi connectivity index (χ3n) is 4.45. The van der Waals surface area contributed by atoms with Crippen molar-refractivity contribution >= 4 is 17.3 Å². The molecule has 0 unspecified atom stereocenters. The molecule has 0 atom stereocenters. The van der Waals surface area contributed by atoms with Crippen molar-refractivity contribution in [3.8, 4) is 6.07 Å². The summed E-state index contributed by atoms with van der Waals surface area (Å²) in [5, 5.41) is 9.90. The summed E-state index contributed by atoms with van der Waals surface area (Å²) in [6.45, 7) is 2.58. The highest BCUT2D eigenvalue weighted by Crippen LogP contribution is 2.27. The Morgan fingerprint density at radius 3 is 2.58 bits per heavy atom. The van der Waals surface area contributed by atoms with Gasteiger partial charge >= 0.3 is 0 Å². The van der Waals surface area contributed by atoms with E-state index in [4.69, 9.17) is 16.3 Å². The van der Waals surface area contributed by atoms with Crippen LogP contribution in [0.1, 0.15) is 24.0 Å². The Kier molecular flexibility index (Phi) is 5.74. The number of piperidine rings is 1. The minimum atomic E-state index is 0.308. The van der Waals surface area contributed by atoms with Crippen LogP contribution in [-0.2, 0) is 11.2 Å². The minimum absolute atomic E-state index is 0.308. The Balaban J connectivity index is 1.48. The van der Waals surface area contributed by atoms with Crippen LogP contribution in [0.25, 0.3) is 0 Å². The Bertz CT molecular complexity index is 703. The number of ether oxygens (including phenoxy) is 1. The number of rotatable bonds is 5. The monoisotopic (exact) mass is 340 g/mol. The highest BCUT2D eigenvalue weighted by atomic mass is 35.5. The van der Waals surface area contributed by atoms with E-state index in [1.807, 2.05) is 18.2 Å². The lowest BCUT2D eigenvalue weighted by Crippen LogP contribution is -2.37. The molecule has 4 heteroatoms. The average molecular weight is 341 g/mol. The zero-order valence-electron chi connectivity index (χ0n) is 13.6. The Hall–Kier alpha value is -2.02. The summed E-state index contributed by atoms with van der Waals surface area (Å²) in [5.41, 5.74) is 2.94. The third-order valence-corrected chi connectivity index (χ3v) is 4.68. The number of anilines is 1. The predicted octanol–water partition coefficient (Wildman–Crippen LogP) is 4.44. The first kappa shape index (κ1) is 16.8. The van der Waals surface area contributed by atoms with Gasteiger partial charge in [-0.3, -0.25) is 0 Å². The maximum absolute atomic E-state index is 9.29. The van der Waals surface area contributed by atoms with E-state index in [1.54, 1.807) is 6.07 Å². The zero-order chi connectivity index (χ0) is 16.8. The van der Waals surface area contributed by atoms with Gasteiger partial charge in [0.25, 0.3) is 0 Å². The first-order valence-corrected chi connectivity index (χ1v) is 8.74. The largest absolute Gasteiger partial charge is 0.378 e. The number of nitriles is 1. The molecule has 0 radical (unpaired) electrons. The maximum atomic E-state index is 9.29. The van der Waals surface area contributed by atoms with Crippen LogP contribution in [0.2, 0.25) is 5.02 Å². The lowest BCUT2D eigenvalue weighted by Gasteiger charge is -2.34. The number of nitrogens with zero attached hydrogens (tertiary/aromatic N) is 2. The second-order valence-electron chi connectivity index (χ2n) is 6.07. The summed E-state index contributed by atoms with van der Waals surface area (Å²) in [6.07, 6.45) is 3.24. The molecule has 3 rings (SSSR count). The maximum Gasteiger partial charge on any atom is 0.101 e. The molecule has 0 aromatic heterocycles. The zero-order valence-corrected chi connectivity index (χ0v) is 14.4. The predicted molar refractivity (Wildman–Crippen MR) is 97.5 cm³/mol. The molecule has 2 aromatic carbocycles. The van der Waals surface area contributed by atoms with E-state index in [0.717, 1.165) is 44.6 Å². The molecule has 1 saturated heterocycles. The van der Waals surface area contributed by atoms with E-state index in [9.17, 15) is 5.26 Å². The summed E-state index contributed by atoms with van der Waals surface area (Å²) in [5.74, 6) is 0. The molecule has 3 nitrogen and oxygen atoms in total. The van der Waals surface area contributed by atoms with Gasteiger partial charge in [0.1, 0.15) is 6.07 Å². The van der Waals surface area contributed by atoms with Crippen molar-refractivity contribution in [3.63, 3.8) is 0 Å². The highest BCUT2D eigenvalue weighted by molar-refractivity contribution is 6.30. The second kappa shape index (κ2) is 8.19. The van der Waals surface area contributed by atoms with E-state index < -0.39 is 0 Å². The van der Waals surface area contributed by atoms with Crippen LogP contribution in [0.15, 0.2) is 48.5 Å². The smallest absolute Gasteiger partial charge is 0.101 e. The van der Waals surface area contributed by atoms with Crippen molar-refractivity contribution < 1.29 is 4.74 Å². The molecule has 0 aliphatic carbocycles. The van der Waals surface area contributed by atoms with E-state index in [1.165, 1.54) is 5.56 Å². The summed E-state index contributed by atoms with van der Waals surface area (Å²) >= 11 is 5.98. The molecular formula is C20H21ClN2O. The molecule has 124 valence electrons. The normalized spacial score (nSPS) is 15.2. The van der Waals surface area contributed by atoms with E-state index >= 15 is 0 Å². The molecule has 0 N–H and O–H groups in total. The number of halogens is 1. The van der Waals surface area contributed by atoms with Crippen LogP contribution < -0.4 is 4.90 Å². The van der Waals surface area contributed by atoms with Gasteiger partial charge in [-0.25, -0.2) is 0 Å². The van der Waals surface area contributed by atoms with Crippen molar-refractivity contribution in [1.82, 2.24) is 0 Å². The van der Waals surface area contributed by atoms with E-state index in [-0.39, 0.29) is 0 Å². The van der Waals surface area contributed by atoms with Gasteiger partial charge in [-0.1, -0.05) is 41.9 Å². The molecule has 1 aliphatic heterocycles. The fourth-order valence-electron chi connectivity index (χ4n) is 3.13. The van der Waals surface area contributed by atoms with Crippen molar-refractivity contribution in [1.29, 1.82) is 5.26 Å². The first-order chi connectivity index (χ1) is 11.8. The van der Waals surface area contributed by atoms with Gasteiger partial charge in [0, 0.05) is 18.1 Å². The highest BCUT2D eigenvalue weighted by Gasteiger charge is 2.21. The van der Waals surface area contributed by atoms with Crippen molar-refractivity contribution in [2.24, 2.45) is 0 Å². The van der Waals surface area contributed by atoms with Gasteiger partial charge in [0.05, 0.1) is 24.0 Å². The van der Waals surface area contributed by atoms with Crippen molar-refractivity contribution in [2.45, 2.75) is 25.4 Å². The second-order valence-corrected chi connectivity index (χ2v) is 6.50. The van der Waals surface area contributed by atoms with Gasteiger partial charge in [0.2, 0.25) is 0 Å². The van der Waals surface area contributed by atoms with E-state index in [2.05, 4.69) is 35.2 Å². The van der Waals surface area contributed by atoms with E-state index in [0.29, 0.717) is 16.7 Å². The van der Waals surface area contributed by atoms with Gasteiger partial charge in [-0.2, -0.15) is 5.26 Å².